The molecule has 1 aliphatic rings. The van der Waals surface area contributed by atoms with Crippen molar-refractivity contribution in [2.75, 3.05) is 25.7 Å². The molecule has 0 spiro atoms. The van der Waals surface area contributed by atoms with E-state index in [4.69, 9.17) is 14.2 Å². The molecule has 0 bridgehead atoms. The third-order valence-corrected chi connectivity index (χ3v) is 4.27. The Balaban J connectivity index is 1.73. The van der Waals surface area contributed by atoms with Crippen molar-refractivity contribution in [2.45, 2.75) is 19.8 Å². The zero-order valence-corrected chi connectivity index (χ0v) is 12.2. The molecule has 0 fully saturated rings. The van der Waals surface area contributed by atoms with Crippen molar-refractivity contribution in [1.29, 1.82) is 0 Å². The fourth-order valence-corrected chi connectivity index (χ4v) is 2.95. The smallest absolute Gasteiger partial charge is 0.231 e. The second kappa shape index (κ2) is 6.81. The molecule has 0 saturated carbocycles. The molecular weight excluding hydrogens is 282 g/mol. The Bertz CT molecular complexity index is 544. The van der Waals surface area contributed by atoms with Gasteiger partial charge in [-0.15, -0.1) is 0 Å². The largest absolute Gasteiger partial charge is 0.492 e. The molecule has 0 atom stereocenters. The molecule has 6 nitrogen and oxygen atoms in total. The molecule has 0 aromatic heterocycles. The molecule has 1 aromatic rings. The van der Waals surface area contributed by atoms with E-state index in [1.54, 1.807) is 18.2 Å². The van der Waals surface area contributed by atoms with E-state index in [-0.39, 0.29) is 25.7 Å². The number of sulfonamides is 1. The predicted molar refractivity (Wildman–Crippen MR) is 74.8 cm³/mol. The minimum Gasteiger partial charge on any atom is -0.492 e. The van der Waals surface area contributed by atoms with Crippen LogP contribution in [0.1, 0.15) is 19.8 Å². The summed E-state index contributed by atoms with van der Waals surface area (Å²) in [4.78, 5) is 0. The minimum absolute atomic E-state index is 0.160. The summed E-state index contributed by atoms with van der Waals surface area (Å²) in [5, 5.41) is 0. The van der Waals surface area contributed by atoms with Gasteiger partial charge in [0.1, 0.15) is 12.4 Å². The molecule has 1 heterocycles. The van der Waals surface area contributed by atoms with Crippen molar-refractivity contribution in [3.63, 3.8) is 0 Å². The Morgan fingerprint density at radius 2 is 2.10 bits per heavy atom. The van der Waals surface area contributed by atoms with E-state index in [1.165, 1.54) is 0 Å². The first-order valence-electron chi connectivity index (χ1n) is 6.60. The van der Waals surface area contributed by atoms with Crippen molar-refractivity contribution < 1.29 is 22.6 Å². The third-order valence-electron chi connectivity index (χ3n) is 2.80. The van der Waals surface area contributed by atoms with Gasteiger partial charge in [-0.2, -0.15) is 0 Å². The first-order valence-corrected chi connectivity index (χ1v) is 8.26. The number of hydrogen-bond acceptors (Lipinski definition) is 5. The highest BCUT2D eigenvalue weighted by Gasteiger charge is 2.14. The molecule has 0 unspecified atom stereocenters. The highest BCUT2D eigenvalue weighted by atomic mass is 32.2. The lowest BCUT2D eigenvalue weighted by molar-refractivity contribution is 0.173. The molecule has 20 heavy (non-hydrogen) atoms. The van der Waals surface area contributed by atoms with E-state index in [9.17, 15) is 8.42 Å². The first-order chi connectivity index (χ1) is 9.61. The van der Waals surface area contributed by atoms with Gasteiger partial charge in [0.05, 0.1) is 5.75 Å². The molecule has 1 aliphatic heterocycles. The van der Waals surface area contributed by atoms with Crippen molar-refractivity contribution in [1.82, 2.24) is 4.72 Å². The van der Waals surface area contributed by atoms with Gasteiger partial charge in [0, 0.05) is 12.6 Å². The second-order valence-electron chi connectivity index (χ2n) is 4.43. The van der Waals surface area contributed by atoms with Crippen molar-refractivity contribution >= 4 is 10.0 Å². The first kappa shape index (κ1) is 14.9. The summed E-state index contributed by atoms with van der Waals surface area (Å²) in [7, 11) is -3.18. The number of ether oxygens (including phenoxy) is 3. The predicted octanol–water partition coefficient (Wildman–Crippen LogP) is 1.51. The van der Waals surface area contributed by atoms with E-state index >= 15 is 0 Å². The van der Waals surface area contributed by atoms with Crippen LogP contribution in [-0.4, -0.2) is 34.1 Å². The van der Waals surface area contributed by atoms with E-state index in [0.29, 0.717) is 23.7 Å². The number of hydrogen-bond donors (Lipinski definition) is 1. The molecule has 0 amide bonds. The topological polar surface area (TPSA) is 73.9 Å². The van der Waals surface area contributed by atoms with Crippen LogP contribution in [0.25, 0.3) is 0 Å². The molecule has 7 heteroatoms. The second-order valence-corrected chi connectivity index (χ2v) is 6.36. The number of rotatable bonds is 8. The molecule has 0 radical (unpaired) electrons. The van der Waals surface area contributed by atoms with Gasteiger partial charge < -0.3 is 14.2 Å². The third kappa shape index (κ3) is 4.28. The standard InChI is InChI=1S/C13H19NO5S/c1-2-3-8-20(15,16)14-6-7-17-11-4-5-12-13(9-11)19-10-18-12/h4-5,9,14H,2-3,6-8,10H2,1H3. The zero-order chi connectivity index (χ0) is 14.4. The van der Waals surface area contributed by atoms with Gasteiger partial charge in [-0.25, -0.2) is 13.1 Å². The SMILES string of the molecule is CCCCS(=O)(=O)NCCOc1ccc2c(c1)OCO2. The Morgan fingerprint density at radius 1 is 1.30 bits per heavy atom. The maximum atomic E-state index is 11.6. The molecular formula is C13H19NO5S. The average Bonchev–Trinajstić information content (AvgIpc) is 2.89. The quantitative estimate of drug-likeness (QED) is 0.737. The summed E-state index contributed by atoms with van der Waals surface area (Å²) >= 11 is 0. The minimum atomic E-state index is -3.18. The van der Waals surface area contributed by atoms with Crippen LogP contribution in [0.5, 0.6) is 17.2 Å². The molecule has 0 aliphatic carbocycles. The maximum absolute atomic E-state index is 11.6. The van der Waals surface area contributed by atoms with Crippen LogP contribution in [-0.2, 0) is 10.0 Å². The van der Waals surface area contributed by atoms with Gasteiger partial charge >= 0.3 is 0 Å². The van der Waals surface area contributed by atoms with Crippen LogP contribution in [0.2, 0.25) is 0 Å². The maximum Gasteiger partial charge on any atom is 0.231 e. The van der Waals surface area contributed by atoms with E-state index in [0.717, 1.165) is 6.42 Å². The Labute approximate surface area is 119 Å². The van der Waals surface area contributed by atoms with Crippen LogP contribution < -0.4 is 18.9 Å². The van der Waals surface area contributed by atoms with Gasteiger partial charge in [-0.3, -0.25) is 0 Å². The summed E-state index contributed by atoms with van der Waals surface area (Å²) in [6, 6.07) is 5.26. The average molecular weight is 301 g/mol. The zero-order valence-electron chi connectivity index (χ0n) is 11.4. The number of benzene rings is 1. The van der Waals surface area contributed by atoms with Crippen LogP contribution in [0.4, 0.5) is 0 Å². The fourth-order valence-electron chi connectivity index (χ4n) is 1.74. The Kier molecular flexibility index (Phi) is 5.08. The molecule has 1 N–H and O–H groups in total. The van der Waals surface area contributed by atoms with Gasteiger partial charge in [0.2, 0.25) is 16.8 Å². The normalized spacial score (nSPS) is 13.4. The van der Waals surface area contributed by atoms with Gasteiger partial charge in [-0.05, 0) is 18.6 Å². The molecule has 112 valence electrons. The molecule has 1 aromatic carbocycles. The summed E-state index contributed by atoms with van der Waals surface area (Å²) in [5.41, 5.74) is 0. The lowest BCUT2D eigenvalue weighted by Crippen LogP contribution is -2.30. The summed E-state index contributed by atoms with van der Waals surface area (Å²) in [6.07, 6.45) is 1.52. The van der Waals surface area contributed by atoms with Gasteiger partial charge in [0.25, 0.3) is 0 Å². The van der Waals surface area contributed by atoms with Crippen LogP contribution in [0, 0.1) is 0 Å². The van der Waals surface area contributed by atoms with E-state index in [1.807, 2.05) is 6.92 Å². The van der Waals surface area contributed by atoms with E-state index < -0.39 is 10.0 Å². The summed E-state index contributed by atoms with van der Waals surface area (Å²) < 4.78 is 41.5. The molecule has 2 rings (SSSR count). The summed E-state index contributed by atoms with van der Waals surface area (Å²) in [6.45, 7) is 2.69. The molecule has 0 saturated heterocycles. The highest BCUT2D eigenvalue weighted by molar-refractivity contribution is 7.89. The summed E-state index contributed by atoms with van der Waals surface area (Å²) in [5.74, 6) is 2.12. The van der Waals surface area contributed by atoms with Crippen molar-refractivity contribution in [3.8, 4) is 17.2 Å². The van der Waals surface area contributed by atoms with Gasteiger partial charge in [0.15, 0.2) is 11.5 Å². The lowest BCUT2D eigenvalue weighted by atomic mass is 10.3. The highest BCUT2D eigenvalue weighted by Crippen LogP contribution is 2.34. The van der Waals surface area contributed by atoms with Crippen LogP contribution >= 0.6 is 0 Å². The Morgan fingerprint density at radius 3 is 2.90 bits per heavy atom. The van der Waals surface area contributed by atoms with Gasteiger partial charge in [-0.1, -0.05) is 13.3 Å². The van der Waals surface area contributed by atoms with Crippen molar-refractivity contribution in [2.24, 2.45) is 0 Å². The Hall–Kier alpha value is -1.47. The fraction of sp³-hybridized carbons (Fsp3) is 0.538. The van der Waals surface area contributed by atoms with Crippen LogP contribution in [0.3, 0.4) is 0 Å². The monoisotopic (exact) mass is 301 g/mol. The number of unbranched alkanes of at least 4 members (excludes halogenated alkanes) is 1. The van der Waals surface area contributed by atoms with Crippen LogP contribution in [0.15, 0.2) is 18.2 Å². The van der Waals surface area contributed by atoms with E-state index in [2.05, 4.69) is 4.72 Å². The number of fused-ring (bicyclic) bond motifs is 1. The lowest BCUT2D eigenvalue weighted by Gasteiger charge is -2.08. The number of nitrogens with one attached hydrogen (secondary N) is 1. The van der Waals surface area contributed by atoms with Crippen molar-refractivity contribution in [3.05, 3.63) is 18.2 Å².